The van der Waals surface area contributed by atoms with Crippen LogP contribution in [0.1, 0.15) is 25.5 Å². The largest absolute Gasteiger partial charge is 0.323 e. The van der Waals surface area contributed by atoms with Crippen molar-refractivity contribution < 1.29 is 12.8 Å². The van der Waals surface area contributed by atoms with Gasteiger partial charge in [0.2, 0.25) is 0 Å². The summed E-state index contributed by atoms with van der Waals surface area (Å²) in [5.74, 6) is -0.454. The number of hydrogen-bond donors (Lipinski definition) is 1. The van der Waals surface area contributed by atoms with Gasteiger partial charge in [0, 0.05) is 17.4 Å². The lowest BCUT2D eigenvalue weighted by molar-refractivity contribution is 0.547. The van der Waals surface area contributed by atoms with Crippen molar-refractivity contribution in [2.45, 2.75) is 25.1 Å². The van der Waals surface area contributed by atoms with E-state index in [-0.39, 0.29) is 11.3 Å². The fraction of sp³-hybridized carbons (Fsp3) is 0.455. The summed E-state index contributed by atoms with van der Waals surface area (Å²) in [6, 6.07) is 5.15. The van der Waals surface area contributed by atoms with Crippen molar-refractivity contribution in [2.24, 2.45) is 5.73 Å². The molecule has 1 aromatic rings. The predicted molar refractivity (Wildman–Crippen MR) is 62.3 cm³/mol. The first kappa shape index (κ1) is 13.1. The number of nitrogens with two attached hydrogens (primary N) is 1. The Morgan fingerprint density at radius 1 is 1.38 bits per heavy atom. The van der Waals surface area contributed by atoms with E-state index < -0.39 is 26.9 Å². The van der Waals surface area contributed by atoms with Gasteiger partial charge in [-0.25, -0.2) is 12.8 Å². The van der Waals surface area contributed by atoms with Crippen LogP contribution in [-0.4, -0.2) is 19.4 Å². The van der Waals surface area contributed by atoms with E-state index in [0.29, 0.717) is 0 Å². The Kier molecular flexibility index (Phi) is 4.04. The highest BCUT2D eigenvalue weighted by atomic mass is 32.2. The van der Waals surface area contributed by atoms with E-state index in [1.165, 1.54) is 19.1 Å². The highest BCUT2D eigenvalue weighted by Gasteiger charge is 2.27. The highest BCUT2D eigenvalue weighted by Crippen LogP contribution is 2.22. The summed E-state index contributed by atoms with van der Waals surface area (Å²) in [7, 11) is -3.25. The molecule has 16 heavy (non-hydrogen) atoms. The van der Waals surface area contributed by atoms with Crippen molar-refractivity contribution in [3.05, 3.63) is 35.6 Å². The maximum Gasteiger partial charge on any atom is 0.154 e. The van der Waals surface area contributed by atoms with E-state index in [0.717, 1.165) is 0 Å². The molecule has 0 saturated heterocycles. The normalized spacial score (nSPS) is 15.8. The third-order valence-corrected chi connectivity index (χ3v) is 4.97. The van der Waals surface area contributed by atoms with Crippen molar-refractivity contribution in [1.82, 2.24) is 0 Å². The number of rotatable bonds is 4. The minimum Gasteiger partial charge on any atom is -0.323 e. The fourth-order valence-electron chi connectivity index (χ4n) is 1.48. The molecule has 3 nitrogen and oxygen atoms in total. The summed E-state index contributed by atoms with van der Waals surface area (Å²) >= 11 is 0. The van der Waals surface area contributed by atoms with E-state index in [4.69, 9.17) is 5.73 Å². The van der Waals surface area contributed by atoms with Crippen LogP contribution < -0.4 is 5.73 Å². The molecule has 0 amide bonds. The molecule has 5 heteroatoms. The quantitative estimate of drug-likeness (QED) is 0.877. The van der Waals surface area contributed by atoms with Crippen molar-refractivity contribution >= 4 is 9.84 Å². The zero-order chi connectivity index (χ0) is 12.3. The average Bonchev–Trinajstić information content (AvgIpc) is 2.27. The SMILES string of the molecule is CCS(=O)(=O)[C@H](C)[C@@H](N)c1ccccc1F. The summed E-state index contributed by atoms with van der Waals surface area (Å²) in [4.78, 5) is 0. The van der Waals surface area contributed by atoms with Crippen molar-refractivity contribution in [3.8, 4) is 0 Å². The van der Waals surface area contributed by atoms with Crippen LogP contribution in [0.15, 0.2) is 24.3 Å². The molecule has 0 fully saturated rings. The van der Waals surface area contributed by atoms with E-state index in [1.54, 1.807) is 19.1 Å². The van der Waals surface area contributed by atoms with Crippen LogP contribution in [-0.2, 0) is 9.84 Å². The second kappa shape index (κ2) is 4.93. The van der Waals surface area contributed by atoms with Gasteiger partial charge in [0.05, 0.1) is 5.25 Å². The Balaban J connectivity index is 3.04. The van der Waals surface area contributed by atoms with Crippen molar-refractivity contribution in [3.63, 3.8) is 0 Å². The van der Waals surface area contributed by atoms with Crippen LogP contribution in [0.25, 0.3) is 0 Å². The molecule has 1 rings (SSSR count). The smallest absolute Gasteiger partial charge is 0.154 e. The maximum absolute atomic E-state index is 13.4. The van der Waals surface area contributed by atoms with E-state index in [1.807, 2.05) is 0 Å². The van der Waals surface area contributed by atoms with Gasteiger partial charge in [0.25, 0.3) is 0 Å². The summed E-state index contributed by atoms with van der Waals surface area (Å²) in [6.07, 6.45) is 0. The Bertz CT molecular complexity index is 459. The lowest BCUT2D eigenvalue weighted by Gasteiger charge is -2.20. The molecule has 0 radical (unpaired) electrons. The monoisotopic (exact) mass is 245 g/mol. The van der Waals surface area contributed by atoms with Crippen LogP contribution in [0.2, 0.25) is 0 Å². The second-order valence-electron chi connectivity index (χ2n) is 3.70. The third kappa shape index (κ3) is 2.59. The number of sulfone groups is 1. The van der Waals surface area contributed by atoms with Gasteiger partial charge in [-0.1, -0.05) is 25.1 Å². The summed E-state index contributed by atoms with van der Waals surface area (Å²) in [6.45, 7) is 3.07. The van der Waals surface area contributed by atoms with Gasteiger partial charge in [-0.05, 0) is 13.0 Å². The van der Waals surface area contributed by atoms with Crippen LogP contribution >= 0.6 is 0 Å². The minimum atomic E-state index is -3.25. The summed E-state index contributed by atoms with van der Waals surface area (Å²) < 4.78 is 36.7. The van der Waals surface area contributed by atoms with Crippen molar-refractivity contribution in [1.29, 1.82) is 0 Å². The first-order chi connectivity index (χ1) is 7.40. The average molecular weight is 245 g/mol. The van der Waals surface area contributed by atoms with E-state index >= 15 is 0 Å². The van der Waals surface area contributed by atoms with Crippen LogP contribution in [0.3, 0.4) is 0 Å². The van der Waals surface area contributed by atoms with Gasteiger partial charge >= 0.3 is 0 Å². The molecule has 2 N–H and O–H groups in total. The molecular weight excluding hydrogens is 229 g/mol. The molecule has 0 spiro atoms. The summed E-state index contributed by atoms with van der Waals surface area (Å²) in [5, 5.41) is -0.783. The van der Waals surface area contributed by atoms with Gasteiger partial charge in [0.15, 0.2) is 9.84 Å². The fourth-order valence-corrected chi connectivity index (χ4v) is 2.60. The first-order valence-electron chi connectivity index (χ1n) is 5.11. The topological polar surface area (TPSA) is 60.2 Å². The van der Waals surface area contributed by atoms with Gasteiger partial charge in [-0.2, -0.15) is 0 Å². The standard InChI is InChI=1S/C11H16FNO2S/c1-3-16(14,15)8(2)11(13)9-6-4-5-7-10(9)12/h4-8,11H,3,13H2,1-2H3/t8-,11-/m1/s1. The van der Waals surface area contributed by atoms with E-state index in [9.17, 15) is 12.8 Å². The van der Waals surface area contributed by atoms with Crippen LogP contribution in [0.5, 0.6) is 0 Å². The highest BCUT2D eigenvalue weighted by molar-refractivity contribution is 7.92. The molecule has 0 heterocycles. The molecule has 0 bridgehead atoms. The Morgan fingerprint density at radius 3 is 2.44 bits per heavy atom. The molecule has 0 aliphatic rings. The molecule has 0 aliphatic carbocycles. The molecule has 1 aromatic carbocycles. The van der Waals surface area contributed by atoms with Crippen LogP contribution in [0.4, 0.5) is 4.39 Å². The molecular formula is C11H16FNO2S. The van der Waals surface area contributed by atoms with Gasteiger partial charge in [0.1, 0.15) is 5.82 Å². The molecule has 0 saturated carbocycles. The molecule has 0 unspecified atom stereocenters. The molecule has 90 valence electrons. The summed E-state index contributed by atoms with van der Waals surface area (Å²) in [5.41, 5.74) is 6.02. The number of benzene rings is 1. The Morgan fingerprint density at radius 2 is 1.94 bits per heavy atom. The molecule has 0 aromatic heterocycles. The second-order valence-corrected chi connectivity index (χ2v) is 6.35. The number of halogens is 1. The lowest BCUT2D eigenvalue weighted by atomic mass is 10.0. The Hall–Kier alpha value is -0.940. The minimum absolute atomic E-state index is 0.0102. The lowest BCUT2D eigenvalue weighted by Crippen LogP contribution is -2.32. The predicted octanol–water partition coefficient (Wildman–Crippen LogP) is 1.65. The van der Waals surface area contributed by atoms with Crippen LogP contribution in [0, 0.1) is 5.82 Å². The molecule has 2 atom stereocenters. The van der Waals surface area contributed by atoms with Gasteiger partial charge < -0.3 is 5.73 Å². The van der Waals surface area contributed by atoms with Crippen molar-refractivity contribution in [2.75, 3.05) is 5.75 Å². The Labute approximate surface area is 95.4 Å². The zero-order valence-corrected chi connectivity index (χ0v) is 10.2. The third-order valence-electron chi connectivity index (χ3n) is 2.74. The molecule has 0 aliphatic heterocycles. The first-order valence-corrected chi connectivity index (χ1v) is 6.83. The van der Waals surface area contributed by atoms with Gasteiger partial charge in [-0.3, -0.25) is 0 Å². The van der Waals surface area contributed by atoms with E-state index in [2.05, 4.69) is 0 Å². The zero-order valence-electron chi connectivity index (χ0n) is 9.35. The maximum atomic E-state index is 13.4. The van der Waals surface area contributed by atoms with Gasteiger partial charge in [-0.15, -0.1) is 0 Å². The number of hydrogen-bond acceptors (Lipinski definition) is 3.